The normalized spacial score (nSPS) is 17.5. The van der Waals surface area contributed by atoms with Gasteiger partial charge in [-0.05, 0) is 24.6 Å². The highest BCUT2D eigenvalue weighted by Gasteiger charge is 2.24. The molecular formula is C14H23NO2S. The zero-order chi connectivity index (χ0) is 13.2. The minimum atomic E-state index is -0.248. The standard InChI is InChI=1S/C14H23NO2S/c1-2-3-4-5-6-7-8-9-10-11-12-13(16)15-14(17)18-12/h11H,2-10H2,1H3,(H,15,16,17)/b12-11+. The number of hydrogen-bond acceptors (Lipinski definition) is 3. The van der Waals surface area contributed by atoms with E-state index in [0.717, 1.165) is 24.6 Å². The summed E-state index contributed by atoms with van der Waals surface area (Å²) in [6.07, 6.45) is 13.1. The van der Waals surface area contributed by atoms with Crippen molar-refractivity contribution in [3.05, 3.63) is 11.0 Å². The Kier molecular flexibility index (Phi) is 7.81. The molecule has 1 aliphatic rings. The highest BCUT2D eigenvalue weighted by atomic mass is 32.2. The average molecular weight is 269 g/mol. The van der Waals surface area contributed by atoms with Crippen molar-refractivity contribution in [2.24, 2.45) is 0 Å². The summed E-state index contributed by atoms with van der Waals surface area (Å²) in [6.45, 7) is 2.23. The Balaban J connectivity index is 1.97. The van der Waals surface area contributed by atoms with Crippen molar-refractivity contribution < 1.29 is 9.59 Å². The van der Waals surface area contributed by atoms with E-state index in [2.05, 4.69) is 12.2 Å². The summed E-state index contributed by atoms with van der Waals surface area (Å²) in [4.78, 5) is 22.7. The summed E-state index contributed by atoms with van der Waals surface area (Å²) in [6, 6.07) is 0. The van der Waals surface area contributed by atoms with Crippen LogP contribution in [-0.2, 0) is 4.79 Å². The maximum Gasteiger partial charge on any atom is 0.290 e. The molecule has 0 aromatic heterocycles. The van der Waals surface area contributed by atoms with Crippen LogP contribution in [0.1, 0.15) is 64.7 Å². The zero-order valence-corrected chi connectivity index (χ0v) is 12.0. The first-order valence-electron chi connectivity index (χ1n) is 6.97. The minimum Gasteiger partial charge on any atom is -0.282 e. The van der Waals surface area contributed by atoms with Gasteiger partial charge in [0.15, 0.2) is 0 Å². The first-order valence-corrected chi connectivity index (χ1v) is 7.79. The fourth-order valence-electron chi connectivity index (χ4n) is 1.97. The Morgan fingerprint density at radius 2 is 1.61 bits per heavy atom. The van der Waals surface area contributed by atoms with Gasteiger partial charge in [-0.2, -0.15) is 0 Å². The molecule has 0 bridgehead atoms. The number of thioether (sulfide) groups is 1. The Morgan fingerprint density at radius 1 is 1.00 bits per heavy atom. The molecule has 1 N–H and O–H groups in total. The van der Waals surface area contributed by atoms with E-state index in [1.165, 1.54) is 44.9 Å². The van der Waals surface area contributed by atoms with Gasteiger partial charge in [0.1, 0.15) is 0 Å². The lowest BCUT2D eigenvalue weighted by Crippen LogP contribution is -2.17. The van der Waals surface area contributed by atoms with E-state index in [0.29, 0.717) is 4.91 Å². The number of allylic oxidation sites excluding steroid dienone is 1. The molecule has 18 heavy (non-hydrogen) atoms. The van der Waals surface area contributed by atoms with Crippen molar-refractivity contribution in [2.75, 3.05) is 0 Å². The summed E-state index contributed by atoms with van der Waals surface area (Å²) < 4.78 is 0. The van der Waals surface area contributed by atoms with Crippen LogP contribution in [0.3, 0.4) is 0 Å². The second-order valence-electron chi connectivity index (χ2n) is 4.68. The van der Waals surface area contributed by atoms with Gasteiger partial charge >= 0.3 is 0 Å². The Morgan fingerprint density at radius 3 is 2.17 bits per heavy atom. The van der Waals surface area contributed by atoms with E-state index in [1.807, 2.05) is 6.08 Å². The summed E-state index contributed by atoms with van der Waals surface area (Å²) in [5, 5.41) is 2.02. The molecule has 102 valence electrons. The van der Waals surface area contributed by atoms with Crippen LogP contribution in [0.5, 0.6) is 0 Å². The SMILES string of the molecule is CCCCCCCCCC/C=C1/SC(=O)NC1=O. The highest BCUT2D eigenvalue weighted by Crippen LogP contribution is 2.23. The lowest BCUT2D eigenvalue weighted by molar-refractivity contribution is -0.115. The van der Waals surface area contributed by atoms with E-state index in [9.17, 15) is 9.59 Å². The zero-order valence-electron chi connectivity index (χ0n) is 11.2. The summed E-state index contributed by atoms with van der Waals surface area (Å²) in [7, 11) is 0. The molecule has 0 aliphatic carbocycles. The number of rotatable bonds is 9. The monoisotopic (exact) mass is 269 g/mol. The summed E-state index contributed by atoms with van der Waals surface area (Å²) in [5.74, 6) is -0.232. The number of carbonyl (C=O) groups is 2. The van der Waals surface area contributed by atoms with E-state index < -0.39 is 0 Å². The van der Waals surface area contributed by atoms with Crippen LogP contribution in [0.25, 0.3) is 0 Å². The highest BCUT2D eigenvalue weighted by molar-refractivity contribution is 8.18. The number of nitrogens with one attached hydrogen (secondary N) is 1. The first-order chi connectivity index (χ1) is 8.74. The minimum absolute atomic E-state index is 0.232. The van der Waals surface area contributed by atoms with Crippen LogP contribution in [-0.4, -0.2) is 11.1 Å². The van der Waals surface area contributed by atoms with Crippen molar-refractivity contribution in [1.82, 2.24) is 5.32 Å². The molecule has 0 aromatic rings. The van der Waals surface area contributed by atoms with Crippen molar-refractivity contribution >= 4 is 22.9 Å². The van der Waals surface area contributed by atoms with Crippen LogP contribution >= 0.6 is 11.8 Å². The van der Waals surface area contributed by atoms with Crippen molar-refractivity contribution in [3.8, 4) is 0 Å². The van der Waals surface area contributed by atoms with Gasteiger partial charge in [-0.3, -0.25) is 14.9 Å². The molecular weight excluding hydrogens is 246 g/mol. The van der Waals surface area contributed by atoms with Crippen molar-refractivity contribution in [2.45, 2.75) is 64.7 Å². The molecule has 1 saturated heterocycles. The van der Waals surface area contributed by atoms with E-state index >= 15 is 0 Å². The van der Waals surface area contributed by atoms with Gasteiger partial charge in [0.05, 0.1) is 4.91 Å². The molecule has 1 rings (SSSR count). The molecule has 0 saturated carbocycles. The Labute approximate surface area is 114 Å². The van der Waals surface area contributed by atoms with Gasteiger partial charge in [-0.1, -0.05) is 57.9 Å². The third-order valence-electron chi connectivity index (χ3n) is 3.03. The Bertz CT molecular complexity index is 313. The summed E-state index contributed by atoms with van der Waals surface area (Å²) >= 11 is 1.01. The molecule has 3 nitrogen and oxygen atoms in total. The molecule has 1 fully saturated rings. The third kappa shape index (κ3) is 6.24. The van der Waals surface area contributed by atoms with Crippen molar-refractivity contribution in [3.63, 3.8) is 0 Å². The van der Waals surface area contributed by atoms with Crippen LogP contribution in [0.15, 0.2) is 11.0 Å². The quantitative estimate of drug-likeness (QED) is 0.499. The number of carbonyl (C=O) groups excluding carboxylic acids is 2. The van der Waals surface area contributed by atoms with E-state index in [4.69, 9.17) is 0 Å². The van der Waals surface area contributed by atoms with Gasteiger partial charge < -0.3 is 0 Å². The maximum absolute atomic E-state index is 11.2. The molecule has 2 amide bonds. The number of hydrogen-bond donors (Lipinski definition) is 1. The second kappa shape index (κ2) is 9.20. The lowest BCUT2D eigenvalue weighted by atomic mass is 10.1. The molecule has 0 radical (unpaired) electrons. The molecule has 0 aromatic carbocycles. The molecule has 0 atom stereocenters. The van der Waals surface area contributed by atoms with Gasteiger partial charge in [0.2, 0.25) is 0 Å². The Hall–Kier alpha value is -0.770. The average Bonchev–Trinajstić information content (AvgIpc) is 2.66. The van der Waals surface area contributed by atoms with Crippen LogP contribution < -0.4 is 5.32 Å². The van der Waals surface area contributed by atoms with Crippen LogP contribution in [0.4, 0.5) is 4.79 Å². The fraction of sp³-hybridized carbons (Fsp3) is 0.714. The van der Waals surface area contributed by atoms with Gasteiger partial charge in [0, 0.05) is 0 Å². The van der Waals surface area contributed by atoms with Gasteiger partial charge in [0.25, 0.3) is 11.1 Å². The molecule has 1 heterocycles. The topological polar surface area (TPSA) is 46.2 Å². The predicted octanol–water partition coefficient (Wildman–Crippen LogP) is 4.38. The van der Waals surface area contributed by atoms with Gasteiger partial charge in [-0.15, -0.1) is 0 Å². The number of imide groups is 1. The van der Waals surface area contributed by atoms with Crippen molar-refractivity contribution in [1.29, 1.82) is 0 Å². The molecule has 1 aliphatic heterocycles. The number of unbranched alkanes of at least 4 members (excludes halogenated alkanes) is 8. The maximum atomic E-state index is 11.2. The second-order valence-corrected chi connectivity index (χ2v) is 5.69. The molecule has 0 unspecified atom stereocenters. The third-order valence-corrected chi connectivity index (χ3v) is 3.89. The van der Waals surface area contributed by atoms with Crippen LogP contribution in [0, 0.1) is 0 Å². The predicted molar refractivity (Wildman–Crippen MR) is 76.4 cm³/mol. The van der Waals surface area contributed by atoms with E-state index in [-0.39, 0.29) is 11.1 Å². The lowest BCUT2D eigenvalue weighted by Gasteiger charge is -2.00. The van der Waals surface area contributed by atoms with Gasteiger partial charge in [-0.25, -0.2) is 0 Å². The molecule has 4 heteroatoms. The number of amides is 2. The summed E-state index contributed by atoms with van der Waals surface area (Å²) in [5.41, 5.74) is 0. The largest absolute Gasteiger partial charge is 0.290 e. The van der Waals surface area contributed by atoms with Crippen LogP contribution in [0.2, 0.25) is 0 Å². The fourth-order valence-corrected chi connectivity index (χ4v) is 2.66. The molecule has 0 spiro atoms. The smallest absolute Gasteiger partial charge is 0.282 e. The first kappa shape index (κ1) is 15.3. The van der Waals surface area contributed by atoms with E-state index in [1.54, 1.807) is 0 Å².